The van der Waals surface area contributed by atoms with Crippen molar-refractivity contribution in [3.05, 3.63) is 52.3 Å². The fourth-order valence-corrected chi connectivity index (χ4v) is 2.58. The highest BCUT2D eigenvalue weighted by Gasteiger charge is 2.24. The summed E-state index contributed by atoms with van der Waals surface area (Å²) < 4.78 is 25.3. The minimum Gasteiger partial charge on any atom is -0.488 e. The second-order valence-corrected chi connectivity index (χ2v) is 5.46. The van der Waals surface area contributed by atoms with E-state index in [-0.39, 0.29) is 11.9 Å². The molecule has 1 aliphatic rings. The van der Waals surface area contributed by atoms with Gasteiger partial charge in [0.1, 0.15) is 30.0 Å². The van der Waals surface area contributed by atoms with E-state index in [9.17, 15) is 4.39 Å². The van der Waals surface area contributed by atoms with Gasteiger partial charge in [0.05, 0.1) is 4.47 Å². The summed E-state index contributed by atoms with van der Waals surface area (Å²) in [5.74, 6) is 1.16. The fraction of sp³-hybridized carbons (Fsp3) is 0.200. The second-order valence-electron chi connectivity index (χ2n) is 4.67. The van der Waals surface area contributed by atoms with Crippen LogP contribution in [-0.2, 0) is 6.42 Å². The average molecular weight is 338 g/mol. The first-order valence-corrected chi connectivity index (χ1v) is 7.04. The first kappa shape index (κ1) is 13.2. The fourth-order valence-electron chi connectivity index (χ4n) is 2.20. The molecule has 20 heavy (non-hydrogen) atoms. The topological polar surface area (TPSA) is 44.5 Å². The molecule has 0 radical (unpaired) electrons. The molecule has 0 saturated carbocycles. The molecule has 3 nitrogen and oxygen atoms in total. The normalized spacial score (nSPS) is 16.6. The minimum absolute atomic E-state index is 0.111. The average Bonchev–Trinajstić information content (AvgIpc) is 2.82. The van der Waals surface area contributed by atoms with E-state index in [0.29, 0.717) is 24.5 Å². The van der Waals surface area contributed by atoms with E-state index in [0.717, 1.165) is 15.8 Å². The summed E-state index contributed by atoms with van der Waals surface area (Å²) in [5.41, 5.74) is 7.30. The lowest BCUT2D eigenvalue weighted by atomic mass is 10.1. The van der Waals surface area contributed by atoms with Gasteiger partial charge >= 0.3 is 0 Å². The van der Waals surface area contributed by atoms with Gasteiger partial charge in [-0.05, 0) is 46.3 Å². The standard InChI is InChI=1S/C15H13BrFNO2/c16-15-12(18)2-1-3-14(15)19-8-11-7-9-6-10(17)4-5-13(9)20-11/h1-6,11H,7-8,18H2. The molecular formula is C15H13BrFNO2. The molecule has 0 bridgehead atoms. The van der Waals surface area contributed by atoms with E-state index >= 15 is 0 Å². The predicted molar refractivity (Wildman–Crippen MR) is 78.6 cm³/mol. The van der Waals surface area contributed by atoms with Crippen LogP contribution in [0.25, 0.3) is 0 Å². The zero-order chi connectivity index (χ0) is 14.1. The smallest absolute Gasteiger partial charge is 0.137 e. The third kappa shape index (κ3) is 2.58. The van der Waals surface area contributed by atoms with Crippen molar-refractivity contribution in [2.24, 2.45) is 0 Å². The van der Waals surface area contributed by atoms with E-state index in [1.54, 1.807) is 12.1 Å². The molecule has 2 aromatic carbocycles. The van der Waals surface area contributed by atoms with Crippen molar-refractivity contribution in [3.8, 4) is 11.5 Å². The van der Waals surface area contributed by atoms with Gasteiger partial charge in [-0.25, -0.2) is 4.39 Å². The molecule has 1 aliphatic heterocycles. The van der Waals surface area contributed by atoms with Crippen molar-refractivity contribution in [2.75, 3.05) is 12.3 Å². The zero-order valence-electron chi connectivity index (χ0n) is 10.6. The number of rotatable bonds is 3. The third-order valence-corrected chi connectivity index (χ3v) is 4.03. The lowest BCUT2D eigenvalue weighted by Gasteiger charge is -2.14. The summed E-state index contributed by atoms with van der Waals surface area (Å²) in [6.45, 7) is 0.387. The van der Waals surface area contributed by atoms with E-state index in [4.69, 9.17) is 15.2 Å². The molecule has 0 aromatic heterocycles. The van der Waals surface area contributed by atoms with Crippen LogP contribution in [0.2, 0.25) is 0 Å². The molecule has 0 spiro atoms. The van der Waals surface area contributed by atoms with E-state index in [2.05, 4.69) is 15.9 Å². The first-order chi connectivity index (χ1) is 9.63. The number of nitrogens with two attached hydrogens (primary N) is 1. The van der Waals surface area contributed by atoms with Gasteiger partial charge in [0.25, 0.3) is 0 Å². The van der Waals surface area contributed by atoms with Crippen molar-refractivity contribution in [2.45, 2.75) is 12.5 Å². The highest BCUT2D eigenvalue weighted by atomic mass is 79.9. The Hall–Kier alpha value is -1.75. The van der Waals surface area contributed by atoms with Gasteiger partial charge in [-0.1, -0.05) is 6.07 Å². The quantitative estimate of drug-likeness (QED) is 0.871. The number of anilines is 1. The summed E-state index contributed by atoms with van der Waals surface area (Å²) in [7, 11) is 0. The molecule has 0 amide bonds. The van der Waals surface area contributed by atoms with Crippen LogP contribution in [0.4, 0.5) is 10.1 Å². The van der Waals surface area contributed by atoms with Gasteiger partial charge in [0.15, 0.2) is 0 Å². The molecular weight excluding hydrogens is 325 g/mol. The second kappa shape index (κ2) is 5.32. The lowest BCUT2D eigenvalue weighted by Crippen LogP contribution is -2.22. The van der Waals surface area contributed by atoms with Crippen molar-refractivity contribution >= 4 is 21.6 Å². The molecule has 1 heterocycles. The van der Waals surface area contributed by atoms with Gasteiger partial charge < -0.3 is 15.2 Å². The molecule has 104 valence electrons. The first-order valence-electron chi connectivity index (χ1n) is 6.25. The Morgan fingerprint density at radius 3 is 3.05 bits per heavy atom. The molecule has 0 saturated heterocycles. The van der Waals surface area contributed by atoms with Crippen LogP contribution >= 0.6 is 15.9 Å². The Bertz CT molecular complexity index is 648. The SMILES string of the molecule is Nc1cccc(OCC2Cc3cc(F)ccc3O2)c1Br. The van der Waals surface area contributed by atoms with Gasteiger partial charge in [-0.3, -0.25) is 0 Å². The minimum atomic E-state index is -0.243. The summed E-state index contributed by atoms with van der Waals surface area (Å²) in [4.78, 5) is 0. The largest absolute Gasteiger partial charge is 0.488 e. The number of nitrogen functional groups attached to an aromatic ring is 1. The van der Waals surface area contributed by atoms with Crippen LogP contribution in [0.5, 0.6) is 11.5 Å². The molecule has 2 aromatic rings. The number of hydrogen-bond acceptors (Lipinski definition) is 3. The number of halogens is 2. The summed E-state index contributed by atoms with van der Waals surface area (Å²) in [6, 6.07) is 10.0. The van der Waals surface area contributed by atoms with Crippen LogP contribution in [0, 0.1) is 5.82 Å². The monoisotopic (exact) mass is 337 g/mol. The number of hydrogen-bond donors (Lipinski definition) is 1. The summed E-state index contributed by atoms with van der Waals surface area (Å²) in [6.07, 6.45) is 0.535. The molecule has 3 rings (SSSR count). The maximum absolute atomic E-state index is 13.1. The zero-order valence-corrected chi connectivity index (χ0v) is 12.2. The van der Waals surface area contributed by atoms with Crippen molar-refractivity contribution in [1.82, 2.24) is 0 Å². The Morgan fingerprint density at radius 2 is 2.20 bits per heavy atom. The predicted octanol–water partition coefficient (Wildman–Crippen LogP) is 3.55. The third-order valence-electron chi connectivity index (χ3n) is 3.18. The molecule has 0 aliphatic carbocycles. The molecule has 2 N–H and O–H groups in total. The number of benzene rings is 2. The van der Waals surface area contributed by atoms with Crippen molar-refractivity contribution < 1.29 is 13.9 Å². The van der Waals surface area contributed by atoms with Crippen LogP contribution < -0.4 is 15.2 Å². The van der Waals surface area contributed by atoms with E-state index in [1.807, 2.05) is 12.1 Å². The van der Waals surface area contributed by atoms with Gasteiger partial charge in [0.2, 0.25) is 0 Å². The summed E-state index contributed by atoms with van der Waals surface area (Å²) in [5, 5.41) is 0. The molecule has 1 unspecified atom stereocenters. The van der Waals surface area contributed by atoms with Gasteiger partial charge in [0, 0.05) is 17.7 Å². The van der Waals surface area contributed by atoms with Crippen LogP contribution in [0.3, 0.4) is 0 Å². The Kier molecular flexibility index (Phi) is 3.53. The number of fused-ring (bicyclic) bond motifs is 1. The van der Waals surface area contributed by atoms with E-state index in [1.165, 1.54) is 12.1 Å². The highest BCUT2D eigenvalue weighted by Crippen LogP contribution is 2.32. The maximum atomic E-state index is 13.1. The molecule has 1 atom stereocenters. The van der Waals surface area contributed by atoms with Crippen molar-refractivity contribution in [1.29, 1.82) is 0 Å². The van der Waals surface area contributed by atoms with Crippen molar-refractivity contribution in [3.63, 3.8) is 0 Å². The molecule has 0 fully saturated rings. The number of ether oxygens (including phenoxy) is 2. The summed E-state index contributed by atoms with van der Waals surface area (Å²) >= 11 is 3.39. The Morgan fingerprint density at radius 1 is 1.35 bits per heavy atom. The maximum Gasteiger partial charge on any atom is 0.137 e. The van der Waals surface area contributed by atoms with Crippen LogP contribution in [0.1, 0.15) is 5.56 Å². The van der Waals surface area contributed by atoms with Gasteiger partial charge in [-0.2, -0.15) is 0 Å². The molecule has 5 heteroatoms. The Balaban J connectivity index is 1.65. The van der Waals surface area contributed by atoms with E-state index < -0.39 is 0 Å². The van der Waals surface area contributed by atoms with Crippen LogP contribution in [0.15, 0.2) is 40.9 Å². The highest BCUT2D eigenvalue weighted by molar-refractivity contribution is 9.10. The van der Waals surface area contributed by atoms with Crippen LogP contribution in [-0.4, -0.2) is 12.7 Å². The lowest BCUT2D eigenvalue weighted by molar-refractivity contribution is 0.148. The Labute approximate surface area is 124 Å². The van der Waals surface area contributed by atoms with Gasteiger partial charge in [-0.15, -0.1) is 0 Å².